The standard InChI is InChI=1S/C16H18BrN3O4S/c1-11-8-15(20(19-11)12-6-7-25(22,23)10-12)18-16(21)9-24-14-5-3-2-4-13(14)17/h2-5,8,12H,6-7,9-10H2,1H3,(H,18,21). The molecule has 0 spiro atoms. The lowest BCUT2D eigenvalue weighted by atomic mass is 10.3. The highest BCUT2D eigenvalue weighted by atomic mass is 79.9. The Hall–Kier alpha value is -1.87. The van der Waals surface area contributed by atoms with Gasteiger partial charge in [-0.05, 0) is 41.4 Å². The number of para-hydroxylation sites is 1. The molecule has 9 heteroatoms. The fourth-order valence-corrected chi connectivity index (χ4v) is 4.83. The lowest BCUT2D eigenvalue weighted by Crippen LogP contribution is -2.23. The molecule has 1 aromatic heterocycles. The number of carbonyl (C=O) groups is 1. The van der Waals surface area contributed by atoms with E-state index < -0.39 is 9.84 Å². The monoisotopic (exact) mass is 427 g/mol. The molecule has 0 aliphatic carbocycles. The number of hydrogen-bond donors (Lipinski definition) is 1. The Morgan fingerprint density at radius 3 is 2.88 bits per heavy atom. The van der Waals surface area contributed by atoms with Gasteiger partial charge in [0.15, 0.2) is 16.4 Å². The molecule has 2 heterocycles. The molecule has 3 rings (SSSR count). The van der Waals surface area contributed by atoms with Crippen LogP contribution in [0, 0.1) is 6.92 Å². The molecule has 1 atom stereocenters. The van der Waals surface area contributed by atoms with Crippen molar-refractivity contribution in [2.45, 2.75) is 19.4 Å². The molecule has 1 unspecified atom stereocenters. The van der Waals surface area contributed by atoms with Crippen LogP contribution in [0.2, 0.25) is 0 Å². The van der Waals surface area contributed by atoms with Gasteiger partial charge in [-0.2, -0.15) is 5.10 Å². The van der Waals surface area contributed by atoms with E-state index in [1.807, 2.05) is 18.2 Å². The Balaban J connectivity index is 1.67. The van der Waals surface area contributed by atoms with E-state index in [1.54, 1.807) is 23.7 Å². The van der Waals surface area contributed by atoms with Crippen molar-refractivity contribution in [3.8, 4) is 5.75 Å². The SMILES string of the molecule is Cc1cc(NC(=O)COc2ccccc2Br)n(C2CCS(=O)(=O)C2)n1. The van der Waals surface area contributed by atoms with Gasteiger partial charge in [-0.3, -0.25) is 4.79 Å². The maximum Gasteiger partial charge on any atom is 0.263 e. The van der Waals surface area contributed by atoms with Gasteiger partial charge in [0.25, 0.3) is 5.91 Å². The van der Waals surface area contributed by atoms with Gasteiger partial charge in [0.05, 0.1) is 27.7 Å². The average molecular weight is 428 g/mol. The normalized spacial score (nSPS) is 18.9. The highest BCUT2D eigenvalue weighted by molar-refractivity contribution is 9.10. The van der Waals surface area contributed by atoms with Crippen LogP contribution in [0.25, 0.3) is 0 Å². The number of ether oxygens (including phenoxy) is 1. The lowest BCUT2D eigenvalue weighted by molar-refractivity contribution is -0.118. The number of aromatic nitrogens is 2. The van der Waals surface area contributed by atoms with Crippen LogP contribution in [-0.4, -0.2) is 42.2 Å². The summed E-state index contributed by atoms with van der Waals surface area (Å²) in [4.78, 5) is 12.2. The van der Waals surface area contributed by atoms with Gasteiger partial charge in [0.1, 0.15) is 11.6 Å². The van der Waals surface area contributed by atoms with Crippen molar-refractivity contribution in [3.63, 3.8) is 0 Å². The lowest BCUT2D eigenvalue weighted by Gasteiger charge is -2.14. The van der Waals surface area contributed by atoms with E-state index in [0.717, 1.165) is 4.47 Å². The number of aryl methyl sites for hydroxylation is 1. The minimum Gasteiger partial charge on any atom is -0.483 e. The summed E-state index contributed by atoms with van der Waals surface area (Å²) >= 11 is 3.36. The molecule has 25 heavy (non-hydrogen) atoms. The van der Waals surface area contributed by atoms with Crippen molar-refractivity contribution < 1.29 is 17.9 Å². The third-order valence-electron chi connectivity index (χ3n) is 3.88. The molecule has 0 saturated carbocycles. The van der Waals surface area contributed by atoms with Crippen LogP contribution in [0.3, 0.4) is 0 Å². The Morgan fingerprint density at radius 1 is 1.44 bits per heavy atom. The Kier molecular flexibility index (Phi) is 5.14. The first-order valence-electron chi connectivity index (χ1n) is 7.78. The van der Waals surface area contributed by atoms with Crippen molar-refractivity contribution in [2.75, 3.05) is 23.4 Å². The first-order valence-corrected chi connectivity index (χ1v) is 10.4. The maximum atomic E-state index is 12.2. The molecule has 1 aromatic carbocycles. The summed E-state index contributed by atoms with van der Waals surface area (Å²) < 4.78 is 31.2. The minimum atomic E-state index is -3.03. The zero-order valence-electron chi connectivity index (χ0n) is 13.6. The second kappa shape index (κ2) is 7.17. The molecule has 1 N–H and O–H groups in total. The van der Waals surface area contributed by atoms with E-state index in [0.29, 0.717) is 23.7 Å². The second-order valence-corrected chi connectivity index (χ2v) is 9.02. The van der Waals surface area contributed by atoms with Gasteiger partial charge in [-0.15, -0.1) is 0 Å². The van der Waals surface area contributed by atoms with Crippen molar-refractivity contribution >= 4 is 37.5 Å². The average Bonchev–Trinajstić information content (AvgIpc) is 3.08. The molecule has 1 amide bonds. The molecule has 1 aliphatic heterocycles. The quantitative estimate of drug-likeness (QED) is 0.790. The number of benzene rings is 1. The van der Waals surface area contributed by atoms with Crippen molar-refractivity contribution in [3.05, 3.63) is 40.5 Å². The fraction of sp³-hybridized carbons (Fsp3) is 0.375. The summed E-state index contributed by atoms with van der Waals surface area (Å²) in [6, 6.07) is 8.73. The first-order chi connectivity index (χ1) is 11.8. The number of hydrogen-bond acceptors (Lipinski definition) is 5. The number of rotatable bonds is 5. The van der Waals surface area contributed by atoms with E-state index in [9.17, 15) is 13.2 Å². The molecule has 1 saturated heterocycles. The summed E-state index contributed by atoms with van der Waals surface area (Å²) in [5.41, 5.74) is 0.714. The molecule has 134 valence electrons. The summed E-state index contributed by atoms with van der Waals surface area (Å²) in [5.74, 6) is 0.918. The zero-order valence-corrected chi connectivity index (χ0v) is 16.0. The van der Waals surface area contributed by atoms with E-state index in [4.69, 9.17) is 4.74 Å². The smallest absolute Gasteiger partial charge is 0.263 e. The zero-order chi connectivity index (χ0) is 18.0. The fourth-order valence-electron chi connectivity index (χ4n) is 2.74. The number of anilines is 1. The summed E-state index contributed by atoms with van der Waals surface area (Å²) in [5, 5.41) is 7.08. The maximum absolute atomic E-state index is 12.2. The third-order valence-corrected chi connectivity index (χ3v) is 6.28. The summed E-state index contributed by atoms with van der Waals surface area (Å²) in [7, 11) is -3.03. The molecular formula is C16H18BrN3O4S. The van der Waals surface area contributed by atoms with Crippen molar-refractivity contribution in [2.24, 2.45) is 0 Å². The Morgan fingerprint density at radius 2 is 2.20 bits per heavy atom. The van der Waals surface area contributed by atoms with Gasteiger partial charge in [0, 0.05) is 6.07 Å². The van der Waals surface area contributed by atoms with Crippen molar-refractivity contribution in [1.82, 2.24) is 9.78 Å². The van der Waals surface area contributed by atoms with E-state index in [2.05, 4.69) is 26.3 Å². The Bertz CT molecular complexity index is 895. The molecule has 1 fully saturated rings. The van der Waals surface area contributed by atoms with Crippen molar-refractivity contribution in [1.29, 1.82) is 0 Å². The van der Waals surface area contributed by atoms with Gasteiger partial charge >= 0.3 is 0 Å². The number of amides is 1. The van der Waals surface area contributed by atoms with Gasteiger partial charge in [-0.25, -0.2) is 13.1 Å². The number of nitrogens with one attached hydrogen (secondary N) is 1. The van der Waals surface area contributed by atoms with Crippen LogP contribution < -0.4 is 10.1 Å². The Labute approximate surface area is 154 Å². The van der Waals surface area contributed by atoms with Crippen LogP contribution in [0.4, 0.5) is 5.82 Å². The predicted octanol–water partition coefficient (Wildman–Crippen LogP) is 2.33. The van der Waals surface area contributed by atoms with Gasteiger partial charge in [-0.1, -0.05) is 12.1 Å². The minimum absolute atomic E-state index is 0.0461. The third kappa shape index (κ3) is 4.40. The molecule has 0 radical (unpaired) electrons. The predicted molar refractivity (Wildman–Crippen MR) is 97.5 cm³/mol. The van der Waals surface area contributed by atoms with Gasteiger partial charge < -0.3 is 10.1 Å². The van der Waals surface area contributed by atoms with Crippen LogP contribution >= 0.6 is 15.9 Å². The second-order valence-electron chi connectivity index (χ2n) is 5.94. The van der Waals surface area contributed by atoms with Crippen LogP contribution in [0.5, 0.6) is 5.75 Å². The largest absolute Gasteiger partial charge is 0.483 e. The topological polar surface area (TPSA) is 90.3 Å². The molecule has 2 aromatic rings. The van der Waals surface area contributed by atoms with E-state index in [1.165, 1.54) is 0 Å². The summed E-state index contributed by atoms with van der Waals surface area (Å²) in [6.45, 7) is 1.64. The highest BCUT2D eigenvalue weighted by Gasteiger charge is 2.31. The molecule has 7 nitrogen and oxygen atoms in total. The number of carbonyl (C=O) groups excluding carboxylic acids is 1. The van der Waals surface area contributed by atoms with Crippen LogP contribution in [0.15, 0.2) is 34.8 Å². The molecular weight excluding hydrogens is 410 g/mol. The van der Waals surface area contributed by atoms with Crippen LogP contribution in [0.1, 0.15) is 18.2 Å². The first kappa shape index (κ1) is 17.9. The molecule has 1 aliphatic rings. The van der Waals surface area contributed by atoms with Gasteiger partial charge in [0.2, 0.25) is 0 Å². The van der Waals surface area contributed by atoms with E-state index in [-0.39, 0.29) is 30.1 Å². The van der Waals surface area contributed by atoms with Crippen LogP contribution in [-0.2, 0) is 14.6 Å². The van der Waals surface area contributed by atoms with E-state index >= 15 is 0 Å². The number of nitrogens with zero attached hydrogens (tertiary/aromatic N) is 2. The number of halogens is 1. The highest BCUT2D eigenvalue weighted by Crippen LogP contribution is 2.27. The number of sulfone groups is 1. The summed E-state index contributed by atoms with van der Waals surface area (Å²) in [6.07, 6.45) is 0.500. The molecule has 0 bridgehead atoms.